The second-order valence-electron chi connectivity index (χ2n) is 6.24. The molecule has 0 saturated carbocycles. The number of aromatic nitrogens is 2. The molecular weight excluding hydrogens is 320 g/mol. The molecule has 1 aromatic carbocycles. The van der Waals surface area contributed by atoms with Gasteiger partial charge in [-0.25, -0.2) is 0 Å². The van der Waals surface area contributed by atoms with Gasteiger partial charge in [-0.1, -0.05) is 12.1 Å². The molecule has 1 aliphatic rings. The first-order chi connectivity index (χ1) is 12.2. The highest BCUT2D eigenvalue weighted by atomic mass is 16.5. The first kappa shape index (κ1) is 17.4. The van der Waals surface area contributed by atoms with Gasteiger partial charge in [0.25, 0.3) is 5.91 Å². The lowest BCUT2D eigenvalue weighted by Crippen LogP contribution is -2.51. The molecule has 0 spiro atoms. The first-order valence-corrected chi connectivity index (χ1v) is 8.74. The molecule has 0 aliphatic carbocycles. The van der Waals surface area contributed by atoms with Crippen molar-refractivity contribution in [2.75, 3.05) is 6.54 Å². The van der Waals surface area contributed by atoms with Crippen LogP contribution in [-0.4, -0.2) is 34.7 Å². The number of piperidine rings is 1. The molecule has 2 N–H and O–H groups in total. The van der Waals surface area contributed by atoms with Crippen molar-refractivity contribution in [3.05, 3.63) is 41.5 Å². The SMILES string of the molecule is CCc1nc(COc2ccc(C(=O)NC3CCCNC3C)cc2)no1. The Bertz CT molecular complexity index is 699. The topological polar surface area (TPSA) is 89.3 Å². The molecule has 2 atom stereocenters. The van der Waals surface area contributed by atoms with Crippen LogP contribution in [0.2, 0.25) is 0 Å². The Morgan fingerprint density at radius 3 is 2.88 bits per heavy atom. The number of nitrogens with zero attached hydrogens (tertiary/aromatic N) is 2. The fourth-order valence-electron chi connectivity index (χ4n) is 2.84. The van der Waals surface area contributed by atoms with Crippen LogP contribution < -0.4 is 15.4 Å². The molecule has 2 heterocycles. The predicted octanol–water partition coefficient (Wildman–Crippen LogP) is 2.08. The zero-order valence-electron chi connectivity index (χ0n) is 14.6. The zero-order valence-corrected chi connectivity index (χ0v) is 14.6. The molecule has 1 aliphatic heterocycles. The normalized spacial score (nSPS) is 20.2. The van der Waals surface area contributed by atoms with E-state index in [1.807, 2.05) is 6.92 Å². The minimum absolute atomic E-state index is 0.0575. The van der Waals surface area contributed by atoms with Gasteiger partial charge in [-0.3, -0.25) is 4.79 Å². The maximum Gasteiger partial charge on any atom is 0.251 e. The van der Waals surface area contributed by atoms with Gasteiger partial charge < -0.3 is 19.9 Å². The van der Waals surface area contributed by atoms with E-state index < -0.39 is 0 Å². The fourth-order valence-corrected chi connectivity index (χ4v) is 2.84. The van der Waals surface area contributed by atoms with Crippen molar-refractivity contribution < 1.29 is 14.1 Å². The third-order valence-corrected chi connectivity index (χ3v) is 4.38. The second-order valence-corrected chi connectivity index (χ2v) is 6.24. The van der Waals surface area contributed by atoms with Crippen molar-refractivity contribution in [1.82, 2.24) is 20.8 Å². The number of hydrogen-bond acceptors (Lipinski definition) is 6. The molecule has 3 rings (SSSR count). The Morgan fingerprint density at radius 2 is 2.20 bits per heavy atom. The van der Waals surface area contributed by atoms with E-state index in [0.29, 0.717) is 35.5 Å². The van der Waals surface area contributed by atoms with Crippen LogP contribution >= 0.6 is 0 Å². The molecule has 134 valence electrons. The molecule has 0 radical (unpaired) electrons. The lowest BCUT2D eigenvalue weighted by molar-refractivity contribution is 0.0920. The minimum atomic E-state index is -0.0575. The summed E-state index contributed by atoms with van der Waals surface area (Å²) in [5, 5.41) is 10.3. The van der Waals surface area contributed by atoms with Crippen LogP contribution in [-0.2, 0) is 13.0 Å². The van der Waals surface area contributed by atoms with E-state index in [0.717, 1.165) is 19.4 Å². The van der Waals surface area contributed by atoms with E-state index >= 15 is 0 Å². The van der Waals surface area contributed by atoms with Gasteiger partial charge in [0, 0.05) is 24.1 Å². The van der Waals surface area contributed by atoms with Crippen molar-refractivity contribution in [1.29, 1.82) is 0 Å². The summed E-state index contributed by atoms with van der Waals surface area (Å²) >= 11 is 0. The smallest absolute Gasteiger partial charge is 0.251 e. The highest BCUT2D eigenvalue weighted by Gasteiger charge is 2.22. The summed E-state index contributed by atoms with van der Waals surface area (Å²) in [5.41, 5.74) is 0.623. The number of carbonyl (C=O) groups is 1. The average Bonchev–Trinajstić information content (AvgIpc) is 3.10. The van der Waals surface area contributed by atoms with E-state index in [9.17, 15) is 4.79 Å². The first-order valence-electron chi connectivity index (χ1n) is 8.74. The maximum atomic E-state index is 12.4. The van der Waals surface area contributed by atoms with Crippen LogP contribution in [0.3, 0.4) is 0 Å². The number of nitrogens with one attached hydrogen (secondary N) is 2. The Labute approximate surface area is 147 Å². The van der Waals surface area contributed by atoms with Crippen LogP contribution in [0.25, 0.3) is 0 Å². The van der Waals surface area contributed by atoms with E-state index in [1.54, 1.807) is 24.3 Å². The molecule has 7 nitrogen and oxygen atoms in total. The molecular formula is C18H24N4O3. The maximum absolute atomic E-state index is 12.4. The molecule has 2 aromatic rings. The van der Waals surface area contributed by atoms with E-state index in [4.69, 9.17) is 9.26 Å². The Morgan fingerprint density at radius 1 is 1.40 bits per heavy atom. The van der Waals surface area contributed by atoms with Crippen molar-refractivity contribution in [3.8, 4) is 5.75 Å². The van der Waals surface area contributed by atoms with E-state index in [1.165, 1.54) is 0 Å². The standard InChI is InChI=1S/C18H24N4O3/c1-3-17-21-16(22-25-17)11-24-14-8-6-13(7-9-14)18(23)20-15-5-4-10-19-12(15)2/h6-9,12,15,19H,3-5,10-11H2,1-2H3,(H,20,23). The highest BCUT2D eigenvalue weighted by Crippen LogP contribution is 2.15. The van der Waals surface area contributed by atoms with E-state index in [-0.39, 0.29) is 18.6 Å². The van der Waals surface area contributed by atoms with Crippen LogP contribution in [0, 0.1) is 0 Å². The number of ether oxygens (including phenoxy) is 1. The summed E-state index contributed by atoms with van der Waals surface area (Å²) in [4.78, 5) is 16.6. The molecule has 1 saturated heterocycles. The van der Waals surface area contributed by atoms with Crippen LogP contribution in [0.15, 0.2) is 28.8 Å². The summed E-state index contributed by atoms with van der Waals surface area (Å²) in [6.07, 6.45) is 2.79. The van der Waals surface area contributed by atoms with Crippen LogP contribution in [0.5, 0.6) is 5.75 Å². The van der Waals surface area contributed by atoms with Gasteiger partial charge in [0.2, 0.25) is 11.7 Å². The molecule has 25 heavy (non-hydrogen) atoms. The number of aryl methyl sites for hydroxylation is 1. The molecule has 7 heteroatoms. The number of carbonyl (C=O) groups excluding carboxylic acids is 1. The van der Waals surface area contributed by atoms with E-state index in [2.05, 4.69) is 27.7 Å². The zero-order chi connectivity index (χ0) is 17.6. The third-order valence-electron chi connectivity index (χ3n) is 4.38. The van der Waals surface area contributed by atoms with Gasteiger partial charge in [0.15, 0.2) is 6.61 Å². The summed E-state index contributed by atoms with van der Waals surface area (Å²) in [6.45, 7) is 5.30. The van der Waals surface area contributed by atoms with Crippen molar-refractivity contribution in [2.45, 2.75) is 51.8 Å². The predicted molar refractivity (Wildman–Crippen MR) is 92.4 cm³/mol. The van der Waals surface area contributed by atoms with Gasteiger partial charge >= 0.3 is 0 Å². The summed E-state index contributed by atoms with van der Waals surface area (Å²) in [5.74, 6) is 1.71. The molecule has 0 bridgehead atoms. The lowest BCUT2D eigenvalue weighted by atomic mass is 9.99. The molecule has 2 unspecified atom stereocenters. The van der Waals surface area contributed by atoms with Gasteiger partial charge in [-0.15, -0.1) is 0 Å². The van der Waals surface area contributed by atoms with Crippen molar-refractivity contribution in [3.63, 3.8) is 0 Å². The number of hydrogen-bond donors (Lipinski definition) is 2. The quantitative estimate of drug-likeness (QED) is 0.834. The molecule has 1 fully saturated rings. The Balaban J connectivity index is 1.53. The van der Waals surface area contributed by atoms with Crippen molar-refractivity contribution >= 4 is 5.91 Å². The number of amides is 1. The van der Waals surface area contributed by atoms with Crippen LogP contribution in [0.1, 0.15) is 48.8 Å². The Hall–Kier alpha value is -2.41. The van der Waals surface area contributed by atoms with Gasteiger partial charge in [0.05, 0.1) is 0 Å². The lowest BCUT2D eigenvalue weighted by Gasteiger charge is -2.30. The van der Waals surface area contributed by atoms with Crippen molar-refractivity contribution in [2.24, 2.45) is 0 Å². The average molecular weight is 344 g/mol. The number of rotatable bonds is 6. The largest absolute Gasteiger partial charge is 0.485 e. The number of benzene rings is 1. The summed E-state index contributed by atoms with van der Waals surface area (Å²) in [6, 6.07) is 7.54. The second kappa shape index (κ2) is 8.11. The Kier molecular flexibility index (Phi) is 5.65. The third kappa shape index (κ3) is 4.57. The van der Waals surface area contributed by atoms with Gasteiger partial charge in [0.1, 0.15) is 5.75 Å². The summed E-state index contributed by atoms with van der Waals surface area (Å²) in [7, 11) is 0. The molecule has 1 aromatic heterocycles. The molecule has 1 amide bonds. The van der Waals surface area contributed by atoms with Gasteiger partial charge in [-0.2, -0.15) is 4.98 Å². The van der Waals surface area contributed by atoms with Gasteiger partial charge in [-0.05, 0) is 50.6 Å². The minimum Gasteiger partial charge on any atom is -0.485 e. The highest BCUT2D eigenvalue weighted by molar-refractivity contribution is 5.94. The monoisotopic (exact) mass is 344 g/mol. The van der Waals surface area contributed by atoms with Crippen LogP contribution in [0.4, 0.5) is 0 Å². The fraction of sp³-hybridized carbons (Fsp3) is 0.500. The summed E-state index contributed by atoms with van der Waals surface area (Å²) < 4.78 is 10.7.